The van der Waals surface area contributed by atoms with Crippen molar-refractivity contribution < 1.29 is 32.7 Å². The summed E-state index contributed by atoms with van der Waals surface area (Å²) >= 11 is 1.21. The van der Waals surface area contributed by atoms with Gasteiger partial charge in [-0.1, -0.05) is 0 Å². The molecule has 1 aromatic carbocycles. The summed E-state index contributed by atoms with van der Waals surface area (Å²) in [7, 11) is -1.78. The Kier molecular flexibility index (Phi) is 8.25. The van der Waals surface area contributed by atoms with Crippen LogP contribution in [0.5, 0.6) is 5.75 Å². The van der Waals surface area contributed by atoms with Crippen molar-refractivity contribution in [2.24, 2.45) is 0 Å². The minimum Gasteiger partial charge on any atom is -0.497 e. The molecule has 1 aromatic heterocycles. The maximum atomic E-state index is 12.8. The predicted molar refractivity (Wildman–Crippen MR) is 119 cm³/mol. The Balaban J connectivity index is 1.71. The fourth-order valence-electron chi connectivity index (χ4n) is 3.12. The first-order valence-corrected chi connectivity index (χ1v) is 12.7. The molecular formula is C20H26N3O7PS. The summed E-state index contributed by atoms with van der Waals surface area (Å²) in [5.41, 5.74) is 1.61. The molecule has 0 radical (unpaired) electrons. The zero-order chi connectivity index (χ0) is 23.1. The standard InChI is InChI=1S/C20H26N3O7PS/c1-4-29-31(26,30-5-2)12-16-13-32-19(21-16)22-18(24)15-8-14(9-17(10-15)27-3)11-23-6-7-28-20(23)25/h8-10,13H,4-7,11-12H2,1-3H3,(H,21,22,24). The molecule has 0 atom stereocenters. The first kappa shape index (κ1) is 24.2. The molecule has 0 unspecified atom stereocenters. The first-order chi connectivity index (χ1) is 15.4. The van der Waals surface area contributed by atoms with E-state index in [1.165, 1.54) is 18.4 Å². The number of anilines is 1. The monoisotopic (exact) mass is 483 g/mol. The molecule has 1 aliphatic rings. The lowest BCUT2D eigenvalue weighted by Gasteiger charge is -2.15. The van der Waals surface area contributed by atoms with E-state index in [2.05, 4.69) is 10.3 Å². The fourth-order valence-corrected chi connectivity index (χ4v) is 5.55. The van der Waals surface area contributed by atoms with Crippen LogP contribution in [-0.4, -0.2) is 55.4 Å². The van der Waals surface area contributed by atoms with Crippen molar-refractivity contribution in [1.82, 2.24) is 9.88 Å². The van der Waals surface area contributed by atoms with E-state index in [0.717, 1.165) is 5.56 Å². The number of amides is 2. The largest absolute Gasteiger partial charge is 0.497 e. The maximum absolute atomic E-state index is 12.8. The van der Waals surface area contributed by atoms with Crippen LogP contribution >= 0.6 is 18.9 Å². The summed E-state index contributed by atoms with van der Waals surface area (Å²) in [6, 6.07) is 5.06. The first-order valence-electron chi connectivity index (χ1n) is 10.1. The molecule has 2 amide bonds. The Labute approximate surface area is 190 Å². The Morgan fingerprint density at radius 1 is 1.28 bits per heavy atom. The molecular weight excluding hydrogens is 457 g/mol. The zero-order valence-electron chi connectivity index (χ0n) is 18.2. The molecule has 1 N–H and O–H groups in total. The molecule has 1 fully saturated rings. The predicted octanol–water partition coefficient (Wildman–Crippen LogP) is 4.12. The number of cyclic esters (lactones) is 1. The van der Waals surface area contributed by atoms with E-state index in [1.54, 1.807) is 42.3 Å². The number of nitrogens with zero attached hydrogens (tertiary/aromatic N) is 2. The third-order valence-corrected chi connectivity index (χ3v) is 7.28. The Bertz CT molecular complexity index is 1000. The Morgan fingerprint density at radius 2 is 2.03 bits per heavy atom. The normalized spacial score (nSPS) is 13.8. The second kappa shape index (κ2) is 10.9. The number of carbonyl (C=O) groups is 2. The molecule has 12 heteroatoms. The van der Waals surface area contributed by atoms with Crippen LogP contribution in [0.3, 0.4) is 0 Å². The molecule has 32 heavy (non-hydrogen) atoms. The number of rotatable bonds is 11. The van der Waals surface area contributed by atoms with Crippen molar-refractivity contribution in [2.75, 3.05) is 38.8 Å². The zero-order valence-corrected chi connectivity index (χ0v) is 19.9. The summed E-state index contributed by atoms with van der Waals surface area (Å²) in [5, 5.41) is 4.81. The third kappa shape index (κ3) is 6.29. The van der Waals surface area contributed by atoms with E-state index in [4.69, 9.17) is 18.5 Å². The topological polar surface area (TPSA) is 116 Å². The number of thiazole rings is 1. The van der Waals surface area contributed by atoms with Gasteiger partial charge in [0, 0.05) is 17.5 Å². The van der Waals surface area contributed by atoms with Crippen LogP contribution in [0.25, 0.3) is 0 Å². The molecule has 0 saturated carbocycles. The number of methoxy groups -OCH3 is 1. The van der Waals surface area contributed by atoms with E-state index >= 15 is 0 Å². The molecule has 2 heterocycles. The SMILES string of the molecule is CCOP(=O)(Cc1csc(NC(=O)c2cc(CN3CCOC3=O)cc(OC)c2)n1)OCC. The molecule has 1 saturated heterocycles. The molecule has 2 aromatic rings. The van der Waals surface area contributed by atoms with Gasteiger partial charge in [-0.25, -0.2) is 9.78 Å². The van der Waals surface area contributed by atoms with Gasteiger partial charge in [-0.2, -0.15) is 0 Å². The van der Waals surface area contributed by atoms with Gasteiger partial charge in [0.05, 0.1) is 38.7 Å². The smallest absolute Gasteiger partial charge is 0.410 e. The summed E-state index contributed by atoms with van der Waals surface area (Å²) in [4.78, 5) is 30.4. The van der Waals surface area contributed by atoms with Crippen LogP contribution in [0.1, 0.15) is 35.5 Å². The Hall–Kier alpha value is -2.46. The van der Waals surface area contributed by atoms with E-state index < -0.39 is 7.60 Å². The van der Waals surface area contributed by atoms with Crippen molar-refractivity contribution in [3.8, 4) is 5.75 Å². The van der Waals surface area contributed by atoms with E-state index in [1.807, 2.05) is 0 Å². The maximum Gasteiger partial charge on any atom is 0.410 e. The lowest BCUT2D eigenvalue weighted by molar-refractivity contribution is 0.102. The van der Waals surface area contributed by atoms with Gasteiger partial charge >= 0.3 is 13.7 Å². The fraction of sp³-hybridized carbons (Fsp3) is 0.450. The van der Waals surface area contributed by atoms with Crippen LogP contribution < -0.4 is 10.1 Å². The molecule has 174 valence electrons. The highest BCUT2D eigenvalue weighted by Crippen LogP contribution is 2.51. The van der Waals surface area contributed by atoms with Crippen molar-refractivity contribution >= 4 is 36.1 Å². The number of carbonyl (C=O) groups excluding carboxylic acids is 2. The van der Waals surface area contributed by atoms with E-state index in [-0.39, 0.29) is 31.4 Å². The van der Waals surface area contributed by atoms with E-state index in [0.29, 0.717) is 41.8 Å². The minimum atomic E-state index is -3.28. The third-order valence-electron chi connectivity index (χ3n) is 4.46. The number of nitrogens with one attached hydrogen (secondary N) is 1. The number of ether oxygens (including phenoxy) is 2. The van der Waals surface area contributed by atoms with Gasteiger partial charge < -0.3 is 23.4 Å². The summed E-state index contributed by atoms with van der Waals surface area (Å²) in [5.74, 6) is 0.113. The highest BCUT2D eigenvalue weighted by molar-refractivity contribution is 7.53. The van der Waals surface area contributed by atoms with Crippen molar-refractivity contribution in [3.05, 3.63) is 40.4 Å². The number of hydrogen-bond donors (Lipinski definition) is 1. The highest BCUT2D eigenvalue weighted by Gasteiger charge is 2.26. The van der Waals surface area contributed by atoms with E-state index in [9.17, 15) is 14.2 Å². The molecule has 0 aliphatic carbocycles. The molecule has 1 aliphatic heterocycles. The van der Waals surface area contributed by atoms with Gasteiger partial charge in [0.25, 0.3) is 5.91 Å². The van der Waals surface area contributed by atoms with Gasteiger partial charge in [-0.15, -0.1) is 11.3 Å². The van der Waals surface area contributed by atoms with Crippen LogP contribution in [0.2, 0.25) is 0 Å². The van der Waals surface area contributed by atoms with Gasteiger partial charge in [-0.3, -0.25) is 14.7 Å². The van der Waals surface area contributed by atoms with Gasteiger partial charge in [-0.05, 0) is 37.6 Å². The molecule has 0 bridgehead atoms. The average Bonchev–Trinajstić information content (AvgIpc) is 3.36. The number of aromatic nitrogens is 1. The second-order valence-corrected chi connectivity index (χ2v) is 9.72. The Morgan fingerprint density at radius 3 is 2.66 bits per heavy atom. The number of hydrogen-bond acceptors (Lipinski definition) is 9. The molecule has 0 spiro atoms. The van der Waals surface area contributed by atoms with Gasteiger partial charge in [0.1, 0.15) is 12.4 Å². The second-order valence-electron chi connectivity index (χ2n) is 6.81. The van der Waals surface area contributed by atoms with Crippen molar-refractivity contribution in [2.45, 2.75) is 26.6 Å². The van der Waals surface area contributed by atoms with Crippen LogP contribution in [0.15, 0.2) is 23.6 Å². The summed E-state index contributed by atoms with van der Waals surface area (Å²) < 4.78 is 33.5. The van der Waals surface area contributed by atoms with Gasteiger partial charge in [0.15, 0.2) is 5.13 Å². The highest BCUT2D eigenvalue weighted by atomic mass is 32.1. The number of benzene rings is 1. The van der Waals surface area contributed by atoms with Crippen LogP contribution in [0, 0.1) is 0 Å². The minimum absolute atomic E-state index is 0.0241. The lowest BCUT2D eigenvalue weighted by atomic mass is 10.1. The molecule has 3 rings (SSSR count). The van der Waals surface area contributed by atoms with Crippen LogP contribution in [0.4, 0.5) is 9.93 Å². The van der Waals surface area contributed by atoms with Crippen LogP contribution in [-0.2, 0) is 31.1 Å². The summed E-state index contributed by atoms with van der Waals surface area (Å²) in [6.45, 7) is 5.16. The van der Waals surface area contributed by atoms with Crippen molar-refractivity contribution in [3.63, 3.8) is 0 Å². The quantitative estimate of drug-likeness (QED) is 0.475. The lowest BCUT2D eigenvalue weighted by Crippen LogP contribution is -2.23. The molecule has 10 nitrogen and oxygen atoms in total. The average molecular weight is 483 g/mol. The van der Waals surface area contributed by atoms with Gasteiger partial charge in [0.2, 0.25) is 0 Å². The van der Waals surface area contributed by atoms with Crippen molar-refractivity contribution in [1.29, 1.82) is 0 Å². The summed E-state index contributed by atoms with van der Waals surface area (Å²) in [6.07, 6.45) is -0.360.